The highest BCUT2D eigenvalue weighted by atomic mass is 19.4. The minimum atomic E-state index is -4.67. The molecule has 0 unspecified atom stereocenters. The summed E-state index contributed by atoms with van der Waals surface area (Å²) in [5.74, 6) is 1.55. The molecule has 13 heteroatoms. The van der Waals surface area contributed by atoms with Gasteiger partial charge in [-0.3, -0.25) is 13.9 Å². The van der Waals surface area contributed by atoms with E-state index in [9.17, 15) is 23.2 Å². The second-order valence-electron chi connectivity index (χ2n) is 11.5. The fraction of sp³-hybridized carbons (Fsp3) is 0.344. The number of pyridine rings is 2. The van der Waals surface area contributed by atoms with Gasteiger partial charge < -0.3 is 9.88 Å². The van der Waals surface area contributed by atoms with Crippen molar-refractivity contribution in [1.82, 2.24) is 33.6 Å². The monoisotopic (exact) mass is 615 g/mol. The smallest absolute Gasteiger partial charge is 0.370 e. The largest absolute Gasteiger partial charge is 0.418 e. The number of nitriles is 1. The van der Waals surface area contributed by atoms with Gasteiger partial charge in [-0.05, 0) is 79.3 Å². The number of piperidine rings is 1. The summed E-state index contributed by atoms with van der Waals surface area (Å²) in [6.07, 6.45) is 1.65. The molecule has 10 nitrogen and oxygen atoms in total. The summed E-state index contributed by atoms with van der Waals surface area (Å²) in [4.78, 5) is 20.6. The van der Waals surface area contributed by atoms with Gasteiger partial charge in [0.2, 0.25) is 0 Å². The topological polar surface area (TPSA) is 109 Å². The number of fused-ring (bicyclic) bond motifs is 1. The lowest BCUT2D eigenvalue weighted by Crippen LogP contribution is -2.34. The molecule has 0 spiro atoms. The molecule has 1 aromatic carbocycles. The normalized spacial score (nSPS) is 15.8. The number of benzene rings is 1. The Bertz CT molecular complexity index is 1980. The Morgan fingerprint density at radius 2 is 1.96 bits per heavy atom. The first-order chi connectivity index (χ1) is 21.5. The highest BCUT2D eigenvalue weighted by molar-refractivity contribution is 5.83. The van der Waals surface area contributed by atoms with Gasteiger partial charge in [0.05, 0.1) is 22.7 Å². The molecule has 1 atom stereocenters. The number of likely N-dealkylation sites (tertiary alicyclic amines) is 1. The van der Waals surface area contributed by atoms with E-state index >= 15 is 0 Å². The molecule has 5 heterocycles. The van der Waals surface area contributed by atoms with Crippen LogP contribution in [0.1, 0.15) is 43.4 Å². The maximum Gasteiger partial charge on any atom is 0.418 e. The molecular formula is C32H32F3N9O. The maximum absolute atomic E-state index is 14.4. The van der Waals surface area contributed by atoms with Crippen LogP contribution in [0.3, 0.4) is 0 Å². The number of hydrogen-bond donors (Lipinski definition) is 1. The Balaban J connectivity index is 1.52. The SMILES string of the molecule is CCNc1cc(-c2ccc(C#N)cc2-c2nncn2C)cc(-n2cc3c(C(F)(F)F)cc(CN4CCC[C@H](C)C4)cn3c2=O)n1. The van der Waals surface area contributed by atoms with Crippen LogP contribution in [0, 0.1) is 17.2 Å². The van der Waals surface area contributed by atoms with E-state index in [0.717, 1.165) is 41.0 Å². The van der Waals surface area contributed by atoms with Crippen molar-refractivity contribution >= 4 is 11.3 Å². The van der Waals surface area contributed by atoms with E-state index in [1.165, 1.54) is 12.4 Å². The summed E-state index contributed by atoms with van der Waals surface area (Å²) in [7, 11) is 1.78. The molecule has 1 fully saturated rings. The molecule has 232 valence electrons. The average Bonchev–Trinajstić information content (AvgIpc) is 3.58. The van der Waals surface area contributed by atoms with Gasteiger partial charge in [-0.15, -0.1) is 10.2 Å². The number of aryl methyl sites for hydroxylation is 1. The first-order valence-corrected chi connectivity index (χ1v) is 14.8. The zero-order chi connectivity index (χ0) is 31.9. The second-order valence-corrected chi connectivity index (χ2v) is 11.5. The molecule has 0 bridgehead atoms. The van der Waals surface area contributed by atoms with Gasteiger partial charge >= 0.3 is 11.9 Å². The van der Waals surface area contributed by atoms with Crippen LogP contribution >= 0.6 is 0 Å². The molecule has 1 saturated heterocycles. The van der Waals surface area contributed by atoms with E-state index < -0.39 is 17.4 Å². The van der Waals surface area contributed by atoms with Gasteiger partial charge in [0, 0.05) is 44.6 Å². The zero-order valence-corrected chi connectivity index (χ0v) is 25.1. The zero-order valence-electron chi connectivity index (χ0n) is 25.1. The average molecular weight is 616 g/mol. The van der Waals surface area contributed by atoms with E-state index in [1.807, 2.05) is 6.92 Å². The molecule has 45 heavy (non-hydrogen) atoms. The van der Waals surface area contributed by atoms with Crippen molar-refractivity contribution in [3.05, 3.63) is 82.3 Å². The number of halogens is 3. The number of alkyl halides is 3. The Morgan fingerprint density at radius 1 is 1.13 bits per heavy atom. The van der Waals surface area contributed by atoms with Crippen LogP contribution in [0.4, 0.5) is 19.0 Å². The van der Waals surface area contributed by atoms with Crippen LogP contribution < -0.4 is 11.0 Å². The number of nitrogens with zero attached hydrogens (tertiary/aromatic N) is 8. The van der Waals surface area contributed by atoms with Crippen molar-refractivity contribution in [2.24, 2.45) is 13.0 Å². The van der Waals surface area contributed by atoms with Gasteiger partial charge in [-0.1, -0.05) is 13.0 Å². The molecule has 6 rings (SSSR count). The number of imidazole rings is 1. The van der Waals surface area contributed by atoms with E-state index in [1.54, 1.807) is 48.3 Å². The predicted octanol–water partition coefficient (Wildman–Crippen LogP) is 5.50. The van der Waals surface area contributed by atoms with Crippen LogP contribution in [-0.4, -0.2) is 53.3 Å². The van der Waals surface area contributed by atoms with E-state index in [-0.39, 0.29) is 11.3 Å². The highest BCUT2D eigenvalue weighted by Gasteiger charge is 2.35. The van der Waals surface area contributed by atoms with Crippen LogP contribution in [0.2, 0.25) is 0 Å². The summed E-state index contributed by atoms with van der Waals surface area (Å²) in [6.45, 7) is 6.46. The lowest BCUT2D eigenvalue weighted by atomic mass is 9.97. The summed E-state index contributed by atoms with van der Waals surface area (Å²) >= 11 is 0. The quantitative estimate of drug-likeness (QED) is 0.258. The molecule has 1 aliphatic rings. The number of aromatic nitrogens is 6. The first kappa shape index (κ1) is 30.1. The summed E-state index contributed by atoms with van der Waals surface area (Å²) < 4.78 is 47.2. The predicted molar refractivity (Wildman–Crippen MR) is 164 cm³/mol. The molecule has 4 aromatic heterocycles. The number of anilines is 1. The molecule has 1 aliphatic heterocycles. The summed E-state index contributed by atoms with van der Waals surface area (Å²) in [5.41, 5.74) is 0.977. The molecule has 0 radical (unpaired) electrons. The van der Waals surface area contributed by atoms with Crippen molar-refractivity contribution in [3.8, 4) is 34.4 Å². The molecule has 1 N–H and O–H groups in total. The van der Waals surface area contributed by atoms with Gasteiger partial charge in [-0.25, -0.2) is 9.78 Å². The van der Waals surface area contributed by atoms with Gasteiger partial charge in [0.1, 0.15) is 18.0 Å². The lowest BCUT2D eigenvalue weighted by molar-refractivity contribution is -0.136. The Hall–Kier alpha value is -4.96. The third kappa shape index (κ3) is 5.93. The van der Waals surface area contributed by atoms with E-state index in [0.29, 0.717) is 58.5 Å². The molecule has 0 amide bonds. The first-order valence-electron chi connectivity index (χ1n) is 14.8. The third-order valence-corrected chi connectivity index (χ3v) is 8.10. The van der Waals surface area contributed by atoms with Crippen molar-refractivity contribution in [2.45, 2.75) is 39.4 Å². The second kappa shape index (κ2) is 11.9. The molecule has 0 aliphatic carbocycles. The van der Waals surface area contributed by atoms with Crippen molar-refractivity contribution in [1.29, 1.82) is 5.26 Å². The Kier molecular flexibility index (Phi) is 7.92. The molecular weight excluding hydrogens is 583 g/mol. The minimum absolute atomic E-state index is 0.143. The maximum atomic E-state index is 14.4. The van der Waals surface area contributed by atoms with E-state index in [4.69, 9.17) is 0 Å². The van der Waals surface area contributed by atoms with Gasteiger partial charge in [0.25, 0.3) is 0 Å². The Labute approximate surface area is 257 Å². The summed E-state index contributed by atoms with van der Waals surface area (Å²) in [6, 6.07) is 11.9. The standard InChI is InChI=1S/C32H32F3N9O/c1-4-37-28-12-23(24-8-7-21(14-36)10-25(24)30-40-38-19-41(30)3)13-29(39-28)44-18-27-26(32(33,34)35)11-22(17-43(27)31(44)45)16-42-9-5-6-20(2)15-42/h7-8,10-13,17-20H,4-6,9,15-16H2,1-3H3,(H,37,39)/t20-/m0/s1. The highest BCUT2D eigenvalue weighted by Crippen LogP contribution is 2.36. The van der Waals surface area contributed by atoms with Crippen LogP contribution in [0.5, 0.6) is 0 Å². The summed E-state index contributed by atoms with van der Waals surface area (Å²) in [5, 5.41) is 20.9. The van der Waals surface area contributed by atoms with Gasteiger partial charge in [0.15, 0.2) is 5.82 Å². The van der Waals surface area contributed by atoms with Crippen molar-refractivity contribution < 1.29 is 13.2 Å². The number of rotatable bonds is 7. The number of nitrogens with one attached hydrogen (secondary N) is 1. The van der Waals surface area contributed by atoms with Crippen LogP contribution in [-0.2, 0) is 19.8 Å². The Morgan fingerprint density at radius 3 is 2.64 bits per heavy atom. The van der Waals surface area contributed by atoms with E-state index in [2.05, 4.69) is 38.4 Å². The van der Waals surface area contributed by atoms with Crippen molar-refractivity contribution in [2.75, 3.05) is 25.0 Å². The fourth-order valence-corrected chi connectivity index (χ4v) is 6.06. The minimum Gasteiger partial charge on any atom is -0.370 e. The third-order valence-electron chi connectivity index (χ3n) is 8.10. The van der Waals surface area contributed by atoms with Gasteiger partial charge in [-0.2, -0.15) is 18.4 Å². The lowest BCUT2D eigenvalue weighted by Gasteiger charge is -2.31. The van der Waals surface area contributed by atoms with Crippen LogP contribution in [0.25, 0.3) is 33.8 Å². The fourth-order valence-electron chi connectivity index (χ4n) is 6.06. The molecule has 0 saturated carbocycles. The number of hydrogen-bond acceptors (Lipinski definition) is 7. The van der Waals surface area contributed by atoms with Crippen molar-refractivity contribution in [3.63, 3.8) is 0 Å². The van der Waals surface area contributed by atoms with Crippen LogP contribution in [0.15, 0.2) is 59.9 Å². The molecule has 5 aromatic rings.